The molecule has 0 radical (unpaired) electrons. The number of hydrogen-bond acceptors (Lipinski definition) is 3. The molecular formula is C16H18N2O3. The van der Waals surface area contributed by atoms with E-state index in [1.165, 1.54) is 5.56 Å². The summed E-state index contributed by atoms with van der Waals surface area (Å²) in [5.74, 6) is 0.155. The van der Waals surface area contributed by atoms with Gasteiger partial charge in [0.2, 0.25) is 0 Å². The number of carboxylic acids is 1. The van der Waals surface area contributed by atoms with Gasteiger partial charge >= 0.3 is 5.97 Å². The lowest BCUT2D eigenvalue weighted by atomic mass is 10.0. The van der Waals surface area contributed by atoms with Crippen LogP contribution >= 0.6 is 0 Å². The normalized spacial score (nSPS) is 15.1. The minimum Gasteiger partial charge on any atom is -0.493 e. The Morgan fingerprint density at radius 3 is 3.14 bits per heavy atom. The Balaban J connectivity index is 1.84. The molecule has 1 aromatic heterocycles. The first-order valence-electron chi connectivity index (χ1n) is 7.15. The molecule has 2 aromatic rings. The lowest BCUT2D eigenvalue weighted by molar-refractivity contribution is -0.137. The van der Waals surface area contributed by atoms with Gasteiger partial charge in [0.05, 0.1) is 25.3 Å². The molecule has 1 N–H and O–H groups in total. The summed E-state index contributed by atoms with van der Waals surface area (Å²) >= 11 is 0. The van der Waals surface area contributed by atoms with Crippen LogP contribution in [-0.4, -0.2) is 27.5 Å². The van der Waals surface area contributed by atoms with Crippen molar-refractivity contribution in [2.24, 2.45) is 0 Å². The summed E-state index contributed by atoms with van der Waals surface area (Å²) in [5, 5.41) is 13.1. The second-order valence-corrected chi connectivity index (χ2v) is 5.43. The van der Waals surface area contributed by atoms with Crippen molar-refractivity contribution in [2.75, 3.05) is 6.61 Å². The van der Waals surface area contributed by atoms with E-state index in [1.807, 2.05) is 25.3 Å². The summed E-state index contributed by atoms with van der Waals surface area (Å²) in [7, 11) is 0. The zero-order chi connectivity index (χ0) is 14.8. The Labute approximate surface area is 123 Å². The smallest absolute Gasteiger partial charge is 0.305 e. The average Bonchev–Trinajstić information content (AvgIpc) is 2.96. The summed E-state index contributed by atoms with van der Waals surface area (Å²) < 4.78 is 7.32. The number of hydrogen-bond donors (Lipinski definition) is 1. The molecule has 1 aliphatic heterocycles. The highest BCUT2D eigenvalue weighted by Gasteiger charge is 2.14. The number of rotatable bonds is 4. The third-order valence-corrected chi connectivity index (χ3v) is 3.76. The molecule has 1 unspecified atom stereocenters. The van der Waals surface area contributed by atoms with E-state index in [0.29, 0.717) is 0 Å². The summed E-state index contributed by atoms with van der Waals surface area (Å²) in [6.45, 7) is 2.64. The topological polar surface area (TPSA) is 64.3 Å². The number of ether oxygens (including phenoxy) is 1. The van der Waals surface area contributed by atoms with Crippen LogP contribution < -0.4 is 4.74 Å². The second-order valence-electron chi connectivity index (χ2n) is 5.43. The predicted molar refractivity (Wildman–Crippen MR) is 78.4 cm³/mol. The molecule has 5 heteroatoms. The van der Waals surface area contributed by atoms with Gasteiger partial charge in [-0.1, -0.05) is 6.07 Å². The van der Waals surface area contributed by atoms with Gasteiger partial charge in [-0.2, -0.15) is 5.10 Å². The van der Waals surface area contributed by atoms with Crippen LogP contribution in [0, 0.1) is 0 Å². The van der Waals surface area contributed by atoms with Crippen LogP contribution in [-0.2, 0) is 11.2 Å². The molecule has 0 saturated heterocycles. The van der Waals surface area contributed by atoms with Crippen molar-refractivity contribution in [3.63, 3.8) is 0 Å². The Morgan fingerprint density at radius 2 is 2.33 bits per heavy atom. The molecule has 0 amide bonds. The molecule has 110 valence electrons. The molecule has 0 aliphatic carbocycles. The third kappa shape index (κ3) is 2.91. The number of aliphatic carboxylic acids is 1. The highest BCUT2D eigenvalue weighted by Crippen LogP contribution is 2.30. The zero-order valence-electron chi connectivity index (χ0n) is 12.0. The van der Waals surface area contributed by atoms with Crippen LogP contribution in [0.2, 0.25) is 0 Å². The number of carboxylic acid groups (broad SMARTS) is 1. The van der Waals surface area contributed by atoms with Crippen molar-refractivity contribution in [1.82, 2.24) is 9.78 Å². The number of aryl methyl sites for hydroxylation is 1. The van der Waals surface area contributed by atoms with Gasteiger partial charge < -0.3 is 9.84 Å². The Morgan fingerprint density at radius 1 is 1.48 bits per heavy atom. The summed E-state index contributed by atoms with van der Waals surface area (Å²) in [4.78, 5) is 10.8. The maximum Gasteiger partial charge on any atom is 0.305 e. The molecule has 1 aromatic carbocycles. The maximum atomic E-state index is 10.8. The van der Waals surface area contributed by atoms with Gasteiger partial charge in [-0.3, -0.25) is 9.48 Å². The van der Waals surface area contributed by atoms with E-state index in [0.717, 1.165) is 36.3 Å². The highest BCUT2D eigenvalue weighted by molar-refractivity contribution is 5.67. The van der Waals surface area contributed by atoms with E-state index in [2.05, 4.69) is 11.2 Å². The van der Waals surface area contributed by atoms with Crippen molar-refractivity contribution < 1.29 is 14.6 Å². The van der Waals surface area contributed by atoms with Crippen molar-refractivity contribution in [3.05, 3.63) is 36.2 Å². The van der Waals surface area contributed by atoms with Gasteiger partial charge in [0, 0.05) is 11.8 Å². The van der Waals surface area contributed by atoms with Gasteiger partial charge in [-0.05, 0) is 43.0 Å². The van der Waals surface area contributed by atoms with Gasteiger partial charge in [0.1, 0.15) is 5.75 Å². The maximum absolute atomic E-state index is 10.8. The zero-order valence-corrected chi connectivity index (χ0v) is 12.0. The van der Waals surface area contributed by atoms with Crippen LogP contribution in [0.5, 0.6) is 5.75 Å². The summed E-state index contributed by atoms with van der Waals surface area (Å²) in [6.07, 6.45) is 5.83. The molecule has 1 atom stereocenters. The average molecular weight is 286 g/mol. The summed E-state index contributed by atoms with van der Waals surface area (Å²) in [5.41, 5.74) is 3.32. The fraction of sp³-hybridized carbons (Fsp3) is 0.375. The van der Waals surface area contributed by atoms with Crippen molar-refractivity contribution in [1.29, 1.82) is 0 Å². The molecule has 3 rings (SSSR count). The number of carbonyl (C=O) groups is 1. The van der Waals surface area contributed by atoms with Crippen LogP contribution in [0.25, 0.3) is 11.1 Å². The molecule has 1 aliphatic rings. The van der Waals surface area contributed by atoms with Gasteiger partial charge in [0.15, 0.2) is 0 Å². The fourth-order valence-corrected chi connectivity index (χ4v) is 2.61. The number of benzene rings is 1. The van der Waals surface area contributed by atoms with Crippen molar-refractivity contribution in [2.45, 2.75) is 32.2 Å². The molecule has 2 heterocycles. The quantitative estimate of drug-likeness (QED) is 0.938. The number of fused-ring (bicyclic) bond motifs is 1. The molecule has 0 bridgehead atoms. The standard InChI is InChI=1S/C16H18N2O3/c1-11(7-16(19)20)18-10-14(9-17-18)12-4-5-15-13(8-12)3-2-6-21-15/h4-5,8-11H,2-3,6-7H2,1H3,(H,19,20). The molecule has 5 nitrogen and oxygen atoms in total. The minimum atomic E-state index is -0.814. The Bertz CT molecular complexity index is 663. The Hall–Kier alpha value is -2.30. The molecule has 21 heavy (non-hydrogen) atoms. The fourth-order valence-electron chi connectivity index (χ4n) is 2.61. The van der Waals surface area contributed by atoms with Gasteiger partial charge in [-0.25, -0.2) is 0 Å². The van der Waals surface area contributed by atoms with Crippen LogP contribution in [0.15, 0.2) is 30.6 Å². The van der Waals surface area contributed by atoms with E-state index in [4.69, 9.17) is 9.84 Å². The molecule has 0 spiro atoms. The Kier molecular flexibility index (Phi) is 3.64. The third-order valence-electron chi connectivity index (χ3n) is 3.76. The van der Waals surface area contributed by atoms with Crippen molar-refractivity contribution >= 4 is 5.97 Å². The largest absolute Gasteiger partial charge is 0.493 e. The summed E-state index contributed by atoms with van der Waals surface area (Å²) in [6, 6.07) is 6.00. The van der Waals surface area contributed by atoms with Gasteiger partial charge in [-0.15, -0.1) is 0 Å². The van der Waals surface area contributed by atoms with E-state index >= 15 is 0 Å². The lowest BCUT2D eigenvalue weighted by Gasteiger charge is -2.17. The lowest BCUT2D eigenvalue weighted by Crippen LogP contribution is -2.10. The van der Waals surface area contributed by atoms with Gasteiger partial charge in [0.25, 0.3) is 0 Å². The second kappa shape index (κ2) is 5.60. The first-order chi connectivity index (χ1) is 10.1. The van der Waals surface area contributed by atoms with Crippen molar-refractivity contribution in [3.8, 4) is 16.9 Å². The van der Waals surface area contributed by atoms with E-state index in [1.54, 1.807) is 10.9 Å². The SMILES string of the molecule is CC(CC(=O)O)n1cc(-c2ccc3c(c2)CCCO3)cn1. The molecule has 0 saturated carbocycles. The monoisotopic (exact) mass is 286 g/mol. The van der Waals surface area contributed by atoms with Crippen LogP contribution in [0.1, 0.15) is 31.4 Å². The highest BCUT2D eigenvalue weighted by atomic mass is 16.5. The molecular weight excluding hydrogens is 268 g/mol. The van der Waals surface area contributed by atoms with E-state index in [9.17, 15) is 4.79 Å². The predicted octanol–water partition coefficient (Wildman–Crippen LogP) is 2.91. The number of nitrogens with zero attached hydrogens (tertiary/aromatic N) is 2. The molecule has 0 fully saturated rings. The van der Waals surface area contributed by atoms with E-state index < -0.39 is 5.97 Å². The van der Waals surface area contributed by atoms with E-state index in [-0.39, 0.29) is 12.5 Å². The minimum absolute atomic E-state index is 0.0686. The number of aromatic nitrogens is 2. The van der Waals surface area contributed by atoms with Crippen LogP contribution in [0.3, 0.4) is 0 Å². The first kappa shape index (κ1) is 13.7. The van der Waals surface area contributed by atoms with Crippen LogP contribution in [0.4, 0.5) is 0 Å². The first-order valence-corrected chi connectivity index (χ1v) is 7.15.